The zero-order valence-electron chi connectivity index (χ0n) is 12.4. The highest BCUT2D eigenvalue weighted by molar-refractivity contribution is 7.91. The molecule has 1 aliphatic rings. The Morgan fingerprint density at radius 2 is 1.85 bits per heavy atom. The van der Waals surface area contributed by atoms with Crippen molar-refractivity contribution in [2.45, 2.75) is 33.2 Å². The van der Waals surface area contributed by atoms with Gasteiger partial charge in [-0.15, -0.1) is 0 Å². The van der Waals surface area contributed by atoms with Crippen LogP contribution in [-0.2, 0) is 22.8 Å². The molecule has 0 bridgehead atoms. The first kappa shape index (κ1) is 15.5. The molecular weight excluding hydrogens is 270 g/mol. The quantitative estimate of drug-likeness (QED) is 0.876. The predicted molar refractivity (Wildman–Crippen MR) is 83.5 cm³/mol. The third-order valence-corrected chi connectivity index (χ3v) is 5.59. The van der Waals surface area contributed by atoms with Gasteiger partial charge >= 0.3 is 0 Å². The Morgan fingerprint density at radius 3 is 2.40 bits per heavy atom. The number of hydrogen-bond acceptors (Lipinski definition) is 3. The van der Waals surface area contributed by atoms with E-state index in [-0.39, 0.29) is 0 Å². The monoisotopic (exact) mass is 295 g/mol. The Labute approximate surface area is 122 Å². The molecule has 1 unspecified atom stereocenters. The van der Waals surface area contributed by atoms with E-state index in [1.54, 1.807) is 0 Å². The summed E-state index contributed by atoms with van der Waals surface area (Å²) in [7, 11) is -2.75. The molecule has 1 aromatic rings. The molecule has 0 aromatic heterocycles. The molecule has 4 heteroatoms. The van der Waals surface area contributed by atoms with Gasteiger partial charge in [0, 0.05) is 6.54 Å². The molecule has 0 radical (unpaired) electrons. The Morgan fingerprint density at radius 1 is 1.20 bits per heavy atom. The van der Waals surface area contributed by atoms with Crippen molar-refractivity contribution >= 4 is 9.84 Å². The van der Waals surface area contributed by atoms with Gasteiger partial charge in [0.25, 0.3) is 0 Å². The largest absolute Gasteiger partial charge is 0.312 e. The van der Waals surface area contributed by atoms with Gasteiger partial charge < -0.3 is 5.32 Å². The highest BCUT2D eigenvalue weighted by Crippen LogP contribution is 2.17. The Hall–Kier alpha value is -0.870. The minimum absolute atomic E-state index is 0.292. The third-order valence-electron chi connectivity index (χ3n) is 3.76. The van der Waals surface area contributed by atoms with Crippen molar-refractivity contribution in [2.24, 2.45) is 11.8 Å². The van der Waals surface area contributed by atoms with Gasteiger partial charge in [0.05, 0.1) is 11.5 Å². The summed E-state index contributed by atoms with van der Waals surface area (Å²) in [6.07, 6.45) is 1.93. The van der Waals surface area contributed by atoms with Crippen LogP contribution < -0.4 is 5.32 Å². The molecule has 1 aliphatic heterocycles. The number of nitrogens with one attached hydrogen (secondary N) is 1. The summed E-state index contributed by atoms with van der Waals surface area (Å²) in [5.74, 6) is 1.69. The van der Waals surface area contributed by atoms with E-state index in [1.165, 1.54) is 11.1 Å². The van der Waals surface area contributed by atoms with Gasteiger partial charge in [-0.3, -0.25) is 0 Å². The fraction of sp³-hybridized carbons (Fsp3) is 0.625. The van der Waals surface area contributed by atoms with Gasteiger partial charge in [-0.2, -0.15) is 0 Å². The number of hydrogen-bond donors (Lipinski definition) is 1. The van der Waals surface area contributed by atoms with Crippen molar-refractivity contribution in [1.29, 1.82) is 0 Å². The molecule has 2 rings (SSSR count). The molecule has 0 aliphatic carbocycles. The van der Waals surface area contributed by atoms with Crippen LogP contribution in [0.2, 0.25) is 0 Å². The van der Waals surface area contributed by atoms with E-state index in [2.05, 4.69) is 43.4 Å². The first-order chi connectivity index (χ1) is 9.44. The maximum absolute atomic E-state index is 11.4. The smallest absolute Gasteiger partial charge is 0.150 e. The summed E-state index contributed by atoms with van der Waals surface area (Å²) in [6, 6.07) is 8.71. The summed E-state index contributed by atoms with van der Waals surface area (Å²) in [4.78, 5) is 0. The van der Waals surface area contributed by atoms with Crippen LogP contribution in [0.3, 0.4) is 0 Å². The van der Waals surface area contributed by atoms with Gasteiger partial charge in [0.15, 0.2) is 9.84 Å². The van der Waals surface area contributed by atoms with E-state index >= 15 is 0 Å². The van der Waals surface area contributed by atoms with E-state index in [0.717, 1.165) is 25.9 Å². The van der Waals surface area contributed by atoms with E-state index < -0.39 is 9.84 Å². The molecule has 0 amide bonds. The lowest BCUT2D eigenvalue weighted by atomic mass is 10.0. The zero-order chi connectivity index (χ0) is 14.6. The molecule has 20 heavy (non-hydrogen) atoms. The van der Waals surface area contributed by atoms with Crippen LogP contribution in [0.25, 0.3) is 0 Å². The molecule has 112 valence electrons. The highest BCUT2D eigenvalue weighted by Gasteiger charge is 2.27. The first-order valence-electron chi connectivity index (χ1n) is 7.43. The van der Waals surface area contributed by atoms with E-state index in [4.69, 9.17) is 0 Å². The van der Waals surface area contributed by atoms with Crippen molar-refractivity contribution in [3.63, 3.8) is 0 Å². The average Bonchev–Trinajstić information content (AvgIpc) is 2.70. The van der Waals surface area contributed by atoms with E-state index in [9.17, 15) is 8.42 Å². The van der Waals surface area contributed by atoms with Gasteiger partial charge in [-0.25, -0.2) is 8.42 Å². The molecule has 0 saturated carbocycles. The minimum Gasteiger partial charge on any atom is -0.312 e. The second-order valence-corrected chi connectivity index (χ2v) is 8.54. The fourth-order valence-electron chi connectivity index (χ4n) is 2.72. The van der Waals surface area contributed by atoms with Crippen LogP contribution in [-0.4, -0.2) is 26.5 Å². The summed E-state index contributed by atoms with van der Waals surface area (Å²) in [5.41, 5.74) is 2.64. The van der Waals surface area contributed by atoms with Gasteiger partial charge in [0.2, 0.25) is 0 Å². The average molecular weight is 295 g/mol. The summed E-state index contributed by atoms with van der Waals surface area (Å²) < 4.78 is 22.7. The van der Waals surface area contributed by atoms with Crippen molar-refractivity contribution in [2.75, 3.05) is 18.1 Å². The third kappa shape index (κ3) is 4.91. The summed E-state index contributed by atoms with van der Waals surface area (Å²) >= 11 is 0. The van der Waals surface area contributed by atoms with Crippen LogP contribution in [0.15, 0.2) is 24.3 Å². The van der Waals surface area contributed by atoms with Crippen LogP contribution >= 0.6 is 0 Å². The minimum atomic E-state index is -2.75. The zero-order valence-corrected chi connectivity index (χ0v) is 13.2. The lowest BCUT2D eigenvalue weighted by Gasteiger charge is -2.10. The lowest BCUT2D eigenvalue weighted by Crippen LogP contribution is -2.23. The molecular formula is C16H25NO2S. The van der Waals surface area contributed by atoms with E-state index in [0.29, 0.717) is 23.3 Å². The molecule has 1 heterocycles. The Kier molecular flexibility index (Phi) is 5.22. The van der Waals surface area contributed by atoms with Crippen LogP contribution in [0.4, 0.5) is 0 Å². The van der Waals surface area contributed by atoms with Crippen LogP contribution in [0.1, 0.15) is 31.4 Å². The Bertz CT molecular complexity index is 520. The van der Waals surface area contributed by atoms with Gasteiger partial charge in [-0.1, -0.05) is 38.1 Å². The van der Waals surface area contributed by atoms with Crippen molar-refractivity contribution in [1.82, 2.24) is 5.32 Å². The topological polar surface area (TPSA) is 46.2 Å². The van der Waals surface area contributed by atoms with Crippen molar-refractivity contribution in [3.05, 3.63) is 35.4 Å². The van der Waals surface area contributed by atoms with Crippen molar-refractivity contribution < 1.29 is 8.42 Å². The molecule has 1 atom stereocenters. The number of rotatable bonds is 6. The molecule has 1 aromatic carbocycles. The molecule has 3 nitrogen and oxygen atoms in total. The second kappa shape index (κ2) is 6.72. The summed E-state index contributed by atoms with van der Waals surface area (Å²) in [5, 5.41) is 3.38. The van der Waals surface area contributed by atoms with Crippen LogP contribution in [0.5, 0.6) is 0 Å². The second-order valence-electron chi connectivity index (χ2n) is 6.31. The maximum atomic E-state index is 11.4. The standard InChI is InChI=1S/C16H25NO2S/c1-13(2)9-14-3-5-15(6-4-14)10-17-11-16-7-8-20(18,19)12-16/h3-6,13,16-17H,7-12H2,1-2H3. The highest BCUT2D eigenvalue weighted by atomic mass is 32.2. The van der Waals surface area contributed by atoms with E-state index in [1.807, 2.05) is 0 Å². The summed E-state index contributed by atoms with van der Waals surface area (Å²) in [6.45, 7) is 6.07. The maximum Gasteiger partial charge on any atom is 0.150 e. The lowest BCUT2D eigenvalue weighted by molar-refractivity contribution is 0.521. The van der Waals surface area contributed by atoms with Gasteiger partial charge in [0.1, 0.15) is 0 Å². The number of benzene rings is 1. The fourth-order valence-corrected chi connectivity index (χ4v) is 4.58. The predicted octanol–water partition coefficient (Wildman–Crippen LogP) is 2.41. The SMILES string of the molecule is CC(C)Cc1ccc(CNCC2CCS(=O)(=O)C2)cc1. The Balaban J connectivity index is 1.74. The molecule has 1 saturated heterocycles. The molecule has 0 spiro atoms. The van der Waals surface area contributed by atoms with Gasteiger partial charge in [-0.05, 0) is 42.3 Å². The first-order valence-corrected chi connectivity index (χ1v) is 9.26. The molecule has 1 N–H and O–H groups in total. The number of sulfone groups is 1. The molecule has 1 fully saturated rings. The van der Waals surface area contributed by atoms with Crippen LogP contribution in [0, 0.1) is 11.8 Å². The normalized spacial score (nSPS) is 21.4. The van der Waals surface area contributed by atoms with Crippen molar-refractivity contribution in [3.8, 4) is 0 Å².